The van der Waals surface area contributed by atoms with E-state index in [1.807, 2.05) is 25.0 Å². The van der Waals surface area contributed by atoms with Gasteiger partial charge in [0.2, 0.25) is 0 Å². The first kappa shape index (κ1) is 16.4. The van der Waals surface area contributed by atoms with E-state index in [-0.39, 0.29) is 0 Å². The van der Waals surface area contributed by atoms with Crippen LogP contribution in [-0.4, -0.2) is 22.9 Å². The van der Waals surface area contributed by atoms with Gasteiger partial charge in [-0.2, -0.15) is 0 Å². The average Bonchev–Trinajstić information content (AvgIpc) is 2.47. The molecule has 0 radical (unpaired) electrons. The van der Waals surface area contributed by atoms with Gasteiger partial charge in [0.25, 0.3) is 0 Å². The molecule has 0 amide bonds. The lowest BCUT2D eigenvalue weighted by Crippen LogP contribution is -2.44. The van der Waals surface area contributed by atoms with E-state index in [0.29, 0.717) is 6.04 Å². The maximum absolute atomic E-state index is 10.1. The maximum atomic E-state index is 10.1. The fourth-order valence-electron chi connectivity index (χ4n) is 3.57. The average molecular weight is 288 g/mol. The molecule has 1 aromatic rings. The molecule has 0 unspecified atom stereocenters. The largest absolute Gasteiger partial charge is 0.437 e. The summed E-state index contributed by atoms with van der Waals surface area (Å²) in [6.07, 6.45) is 8.02. The van der Waals surface area contributed by atoms with Crippen LogP contribution >= 0.6 is 0 Å². The predicted molar refractivity (Wildman–Crippen MR) is 90.9 cm³/mol. The summed E-state index contributed by atoms with van der Waals surface area (Å²) >= 11 is 0. The van der Waals surface area contributed by atoms with Crippen molar-refractivity contribution in [2.24, 2.45) is 5.92 Å². The molecule has 0 aliphatic heterocycles. The molecule has 116 valence electrons. The highest BCUT2D eigenvalue weighted by Crippen LogP contribution is 2.29. The third-order valence-electron chi connectivity index (χ3n) is 4.85. The fraction of sp³-hybridized carbons (Fsp3) is 0.647. The number of nitrogens with two attached hydrogens (primary N) is 1. The smallest absolute Gasteiger partial charge is 0.376 e. The highest BCUT2D eigenvalue weighted by molar-refractivity contribution is 6.45. The van der Waals surface area contributed by atoms with E-state index in [0.717, 1.165) is 23.7 Å². The third kappa shape index (κ3) is 4.75. The van der Waals surface area contributed by atoms with Gasteiger partial charge in [0, 0.05) is 12.2 Å². The van der Waals surface area contributed by atoms with Gasteiger partial charge in [-0.05, 0) is 36.8 Å². The molecule has 0 heterocycles. The maximum Gasteiger partial charge on any atom is 0.376 e. The summed E-state index contributed by atoms with van der Waals surface area (Å²) in [4.78, 5) is 2.17. The van der Waals surface area contributed by atoms with Crippen molar-refractivity contribution in [1.29, 1.82) is 0 Å². The number of nitrogen functional groups attached to an aromatic ring is 1. The highest BCUT2D eigenvalue weighted by atomic mass is 16.2. The first-order chi connectivity index (χ1) is 10.1. The van der Waals surface area contributed by atoms with Crippen molar-refractivity contribution in [3.05, 3.63) is 29.8 Å². The molecule has 1 fully saturated rings. The predicted octanol–water partition coefficient (Wildman–Crippen LogP) is 3.54. The van der Waals surface area contributed by atoms with E-state index in [9.17, 15) is 5.02 Å². The second-order valence-electron chi connectivity index (χ2n) is 6.59. The lowest BCUT2D eigenvalue weighted by molar-refractivity contribution is 0.224. The zero-order valence-corrected chi connectivity index (χ0v) is 13.5. The zero-order valence-electron chi connectivity index (χ0n) is 13.5. The van der Waals surface area contributed by atoms with E-state index in [1.54, 1.807) is 0 Å². The Balaban J connectivity index is 1.99. The molecule has 1 atom stereocenters. The van der Waals surface area contributed by atoms with Crippen molar-refractivity contribution in [2.45, 2.75) is 64.9 Å². The van der Waals surface area contributed by atoms with E-state index < -0.39 is 7.05 Å². The Labute approximate surface area is 129 Å². The molecule has 3 nitrogen and oxygen atoms in total. The van der Waals surface area contributed by atoms with Gasteiger partial charge in [-0.15, -0.1) is 0 Å². The van der Waals surface area contributed by atoms with E-state index in [1.165, 1.54) is 38.5 Å². The molecule has 0 bridgehead atoms. The molecule has 21 heavy (non-hydrogen) atoms. The number of hydrogen-bond donors (Lipinski definition) is 2. The Morgan fingerprint density at radius 2 is 1.95 bits per heavy atom. The van der Waals surface area contributed by atoms with Crippen LogP contribution in [-0.2, 0) is 6.54 Å². The van der Waals surface area contributed by atoms with E-state index >= 15 is 0 Å². The van der Waals surface area contributed by atoms with Crippen LogP contribution in [0.2, 0.25) is 6.82 Å². The van der Waals surface area contributed by atoms with Gasteiger partial charge in [-0.3, -0.25) is 0 Å². The minimum absolute atomic E-state index is 0.382. The SMILES string of the molecule is CB(O)N(Cc1ccccc1N)[C@@H](C)CC1CCCCC1. The number of para-hydroxylation sites is 1. The molecular weight excluding hydrogens is 259 g/mol. The van der Waals surface area contributed by atoms with Crippen molar-refractivity contribution in [1.82, 2.24) is 4.81 Å². The van der Waals surface area contributed by atoms with Crippen LogP contribution in [0.4, 0.5) is 5.69 Å². The first-order valence-electron chi connectivity index (χ1n) is 8.35. The minimum Gasteiger partial charge on any atom is -0.437 e. The standard InChI is InChI=1S/C17H29BN2O/c1-14(12-15-8-4-3-5-9-15)20(18(2)21)13-16-10-6-7-11-17(16)19/h6-7,10-11,14-15,21H,3-5,8-9,12-13,19H2,1-2H3/t14-/m0/s1. The summed E-state index contributed by atoms with van der Waals surface area (Å²) in [7, 11) is -0.441. The van der Waals surface area contributed by atoms with Gasteiger partial charge in [-0.1, -0.05) is 57.2 Å². The van der Waals surface area contributed by atoms with Gasteiger partial charge in [0.05, 0.1) is 0 Å². The van der Waals surface area contributed by atoms with E-state index in [2.05, 4.69) is 17.8 Å². The molecular formula is C17H29BN2O. The van der Waals surface area contributed by atoms with Gasteiger partial charge >= 0.3 is 7.05 Å². The number of anilines is 1. The van der Waals surface area contributed by atoms with Crippen LogP contribution in [0.5, 0.6) is 0 Å². The van der Waals surface area contributed by atoms with Crippen molar-refractivity contribution in [3.63, 3.8) is 0 Å². The third-order valence-corrected chi connectivity index (χ3v) is 4.85. The fourth-order valence-corrected chi connectivity index (χ4v) is 3.57. The zero-order chi connectivity index (χ0) is 15.2. The molecule has 0 saturated heterocycles. The van der Waals surface area contributed by atoms with E-state index in [4.69, 9.17) is 5.73 Å². The summed E-state index contributed by atoms with van der Waals surface area (Å²) in [5, 5.41) is 10.1. The monoisotopic (exact) mass is 288 g/mol. The Morgan fingerprint density at radius 1 is 1.29 bits per heavy atom. The van der Waals surface area contributed by atoms with Crippen LogP contribution in [0.3, 0.4) is 0 Å². The molecule has 1 aromatic carbocycles. The minimum atomic E-state index is -0.441. The van der Waals surface area contributed by atoms with Gasteiger partial charge in [-0.25, -0.2) is 0 Å². The van der Waals surface area contributed by atoms with Crippen molar-refractivity contribution in [3.8, 4) is 0 Å². The molecule has 4 heteroatoms. The molecule has 2 rings (SSSR count). The second-order valence-corrected chi connectivity index (χ2v) is 6.59. The Morgan fingerprint density at radius 3 is 2.57 bits per heavy atom. The van der Waals surface area contributed by atoms with Gasteiger partial charge < -0.3 is 15.6 Å². The Hall–Kier alpha value is -0.995. The highest BCUT2D eigenvalue weighted by Gasteiger charge is 2.26. The van der Waals surface area contributed by atoms with Crippen molar-refractivity contribution < 1.29 is 5.02 Å². The Kier molecular flexibility index (Phi) is 6.13. The molecule has 3 N–H and O–H groups in total. The van der Waals surface area contributed by atoms with Crippen LogP contribution in [0, 0.1) is 5.92 Å². The van der Waals surface area contributed by atoms with Crippen LogP contribution in [0.15, 0.2) is 24.3 Å². The van der Waals surface area contributed by atoms with Crippen molar-refractivity contribution >= 4 is 12.7 Å². The van der Waals surface area contributed by atoms with Crippen LogP contribution < -0.4 is 5.73 Å². The van der Waals surface area contributed by atoms with Gasteiger partial charge in [0.15, 0.2) is 0 Å². The van der Waals surface area contributed by atoms with Crippen LogP contribution in [0.1, 0.15) is 51.0 Å². The lowest BCUT2D eigenvalue weighted by atomic mass is 9.79. The number of hydrogen-bond acceptors (Lipinski definition) is 3. The lowest BCUT2D eigenvalue weighted by Gasteiger charge is -2.34. The molecule has 0 aromatic heterocycles. The molecule has 1 aliphatic rings. The Bertz CT molecular complexity index is 433. The molecule has 0 spiro atoms. The summed E-state index contributed by atoms with van der Waals surface area (Å²) in [5.74, 6) is 0.822. The van der Waals surface area contributed by atoms with Gasteiger partial charge in [0.1, 0.15) is 0 Å². The number of rotatable bonds is 6. The summed E-state index contributed by atoms with van der Waals surface area (Å²) in [5.41, 5.74) is 7.96. The summed E-state index contributed by atoms with van der Waals surface area (Å²) in [6, 6.07) is 8.33. The normalized spacial score (nSPS) is 17.9. The quantitative estimate of drug-likeness (QED) is 0.622. The first-order valence-corrected chi connectivity index (χ1v) is 8.35. The molecule has 1 saturated carbocycles. The number of nitrogens with zero attached hydrogens (tertiary/aromatic N) is 1. The molecule has 1 aliphatic carbocycles. The summed E-state index contributed by atoms with van der Waals surface area (Å²) in [6.45, 7) is 4.81. The van der Waals surface area contributed by atoms with Crippen LogP contribution in [0.25, 0.3) is 0 Å². The summed E-state index contributed by atoms with van der Waals surface area (Å²) < 4.78 is 0. The topological polar surface area (TPSA) is 49.5 Å². The van der Waals surface area contributed by atoms with Crippen molar-refractivity contribution in [2.75, 3.05) is 5.73 Å². The number of benzene rings is 1. The second kappa shape index (κ2) is 7.86.